The van der Waals surface area contributed by atoms with Crippen molar-refractivity contribution in [1.82, 2.24) is 10.6 Å². The Hall–Kier alpha value is -0.570. The summed E-state index contributed by atoms with van der Waals surface area (Å²) in [6.45, 7) is 3.10. The van der Waals surface area contributed by atoms with Crippen LogP contribution >= 0.6 is 11.6 Å². The number of hydrogen-bond acceptors (Lipinski definition) is 2. The summed E-state index contributed by atoms with van der Waals surface area (Å²) in [5.74, 6) is 0. The highest BCUT2D eigenvalue weighted by molar-refractivity contribution is 6.30. The van der Waals surface area contributed by atoms with Gasteiger partial charge in [0, 0.05) is 30.7 Å². The molecular weight excluding hydrogens is 184 g/mol. The average Bonchev–Trinajstić information content (AvgIpc) is 2.20. The fourth-order valence-electron chi connectivity index (χ4n) is 1.58. The summed E-state index contributed by atoms with van der Waals surface area (Å²) < 4.78 is 0. The summed E-state index contributed by atoms with van der Waals surface area (Å²) in [5.41, 5.74) is 1.30. The van der Waals surface area contributed by atoms with Crippen LogP contribution in [0.2, 0.25) is 5.02 Å². The fraction of sp³-hybridized carbons (Fsp3) is 0.400. The molecule has 3 heteroatoms. The first-order valence-electron chi connectivity index (χ1n) is 4.56. The van der Waals surface area contributed by atoms with Crippen LogP contribution in [-0.2, 0) is 0 Å². The van der Waals surface area contributed by atoms with Crippen LogP contribution < -0.4 is 10.6 Å². The van der Waals surface area contributed by atoms with Gasteiger partial charge in [-0.15, -0.1) is 0 Å². The zero-order valence-electron chi connectivity index (χ0n) is 7.39. The predicted octanol–water partition coefficient (Wildman–Crippen LogP) is 1.57. The van der Waals surface area contributed by atoms with Crippen LogP contribution in [0.1, 0.15) is 11.6 Å². The van der Waals surface area contributed by atoms with Gasteiger partial charge >= 0.3 is 0 Å². The first kappa shape index (κ1) is 9.00. The van der Waals surface area contributed by atoms with Crippen LogP contribution in [0.4, 0.5) is 0 Å². The molecular formula is C10H13ClN2. The summed E-state index contributed by atoms with van der Waals surface area (Å²) in [6.07, 6.45) is 0. The lowest BCUT2D eigenvalue weighted by atomic mass is 10.1. The van der Waals surface area contributed by atoms with E-state index in [4.69, 9.17) is 11.6 Å². The van der Waals surface area contributed by atoms with E-state index in [9.17, 15) is 0 Å². The normalized spacial score (nSPS) is 23.0. The highest BCUT2D eigenvalue weighted by atomic mass is 35.5. The average molecular weight is 197 g/mol. The first-order chi connectivity index (χ1) is 6.36. The second kappa shape index (κ2) is 4.09. The number of nitrogens with one attached hydrogen (secondary N) is 2. The van der Waals surface area contributed by atoms with Crippen LogP contribution in [0, 0.1) is 0 Å². The highest BCUT2D eigenvalue weighted by Crippen LogP contribution is 2.16. The lowest BCUT2D eigenvalue weighted by Crippen LogP contribution is -2.42. The third-order valence-electron chi connectivity index (χ3n) is 2.31. The Balaban J connectivity index is 2.10. The number of piperazine rings is 1. The third kappa shape index (κ3) is 2.21. The zero-order chi connectivity index (χ0) is 9.10. The lowest BCUT2D eigenvalue weighted by molar-refractivity contribution is 0.430. The van der Waals surface area contributed by atoms with Crippen molar-refractivity contribution in [3.63, 3.8) is 0 Å². The molecule has 0 radical (unpaired) electrons. The SMILES string of the molecule is Clc1ccc([C@H]2CNCCN2)cc1. The van der Waals surface area contributed by atoms with E-state index < -0.39 is 0 Å². The van der Waals surface area contributed by atoms with Crippen molar-refractivity contribution >= 4 is 11.6 Å². The molecule has 1 saturated heterocycles. The maximum absolute atomic E-state index is 5.81. The monoisotopic (exact) mass is 196 g/mol. The largest absolute Gasteiger partial charge is 0.314 e. The molecule has 1 atom stereocenters. The Morgan fingerprint density at radius 1 is 1.15 bits per heavy atom. The van der Waals surface area contributed by atoms with Crippen LogP contribution in [0.25, 0.3) is 0 Å². The molecule has 0 bridgehead atoms. The molecule has 2 rings (SSSR count). The standard InChI is InChI=1S/C10H13ClN2/c11-9-3-1-8(2-4-9)10-7-12-5-6-13-10/h1-4,10,12-13H,5-7H2/t10-/m1/s1. The number of halogens is 1. The fourth-order valence-corrected chi connectivity index (χ4v) is 1.71. The Labute approximate surface area is 83.3 Å². The van der Waals surface area contributed by atoms with E-state index in [1.54, 1.807) is 0 Å². The molecule has 0 aromatic heterocycles. The molecule has 2 N–H and O–H groups in total. The van der Waals surface area contributed by atoms with Gasteiger partial charge in [-0.1, -0.05) is 23.7 Å². The van der Waals surface area contributed by atoms with Gasteiger partial charge < -0.3 is 10.6 Å². The molecule has 1 fully saturated rings. The van der Waals surface area contributed by atoms with Crippen molar-refractivity contribution in [3.05, 3.63) is 34.9 Å². The predicted molar refractivity (Wildman–Crippen MR) is 55.1 cm³/mol. The molecule has 1 aliphatic rings. The van der Waals surface area contributed by atoms with Crippen LogP contribution in [0.3, 0.4) is 0 Å². The molecule has 1 aliphatic heterocycles. The Morgan fingerprint density at radius 2 is 1.92 bits per heavy atom. The van der Waals surface area contributed by atoms with Crippen molar-refractivity contribution < 1.29 is 0 Å². The van der Waals surface area contributed by atoms with E-state index in [2.05, 4.69) is 22.8 Å². The van der Waals surface area contributed by atoms with Gasteiger partial charge in [0.25, 0.3) is 0 Å². The summed E-state index contributed by atoms with van der Waals surface area (Å²) in [4.78, 5) is 0. The van der Waals surface area contributed by atoms with E-state index in [0.717, 1.165) is 24.7 Å². The van der Waals surface area contributed by atoms with Crippen molar-refractivity contribution in [2.45, 2.75) is 6.04 Å². The summed E-state index contributed by atoms with van der Waals surface area (Å²) in [5, 5.41) is 7.60. The van der Waals surface area contributed by atoms with Crippen molar-refractivity contribution in [3.8, 4) is 0 Å². The highest BCUT2D eigenvalue weighted by Gasteiger charge is 2.13. The summed E-state index contributed by atoms with van der Waals surface area (Å²) >= 11 is 5.81. The minimum Gasteiger partial charge on any atom is -0.314 e. The second-order valence-electron chi connectivity index (χ2n) is 3.26. The van der Waals surface area contributed by atoms with Crippen LogP contribution in [0.15, 0.2) is 24.3 Å². The van der Waals surface area contributed by atoms with E-state index in [-0.39, 0.29) is 0 Å². The Kier molecular flexibility index (Phi) is 2.83. The van der Waals surface area contributed by atoms with Gasteiger partial charge in [-0.25, -0.2) is 0 Å². The van der Waals surface area contributed by atoms with Crippen LogP contribution in [-0.4, -0.2) is 19.6 Å². The van der Waals surface area contributed by atoms with E-state index in [1.165, 1.54) is 5.56 Å². The molecule has 13 heavy (non-hydrogen) atoms. The molecule has 0 spiro atoms. The van der Waals surface area contributed by atoms with Gasteiger partial charge in [-0.2, -0.15) is 0 Å². The Bertz CT molecular complexity index is 265. The van der Waals surface area contributed by atoms with Gasteiger partial charge in [-0.05, 0) is 17.7 Å². The number of benzene rings is 1. The molecule has 1 aromatic carbocycles. The van der Waals surface area contributed by atoms with Gasteiger partial charge in [0.1, 0.15) is 0 Å². The molecule has 0 aliphatic carbocycles. The quantitative estimate of drug-likeness (QED) is 0.713. The second-order valence-corrected chi connectivity index (χ2v) is 3.70. The number of rotatable bonds is 1. The molecule has 70 valence electrons. The topological polar surface area (TPSA) is 24.1 Å². The van der Waals surface area contributed by atoms with Gasteiger partial charge in [0.05, 0.1) is 0 Å². The minimum absolute atomic E-state index is 0.436. The van der Waals surface area contributed by atoms with E-state index >= 15 is 0 Å². The smallest absolute Gasteiger partial charge is 0.0447 e. The van der Waals surface area contributed by atoms with Crippen molar-refractivity contribution in [1.29, 1.82) is 0 Å². The first-order valence-corrected chi connectivity index (χ1v) is 4.93. The minimum atomic E-state index is 0.436. The summed E-state index contributed by atoms with van der Waals surface area (Å²) in [6, 6.07) is 8.46. The lowest BCUT2D eigenvalue weighted by Gasteiger charge is -2.24. The van der Waals surface area contributed by atoms with E-state index in [0.29, 0.717) is 6.04 Å². The maximum atomic E-state index is 5.81. The molecule has 1 aromatic rings. The summed E-state index contributed by atoms with van der Waals surface area (Å²) in [7, 11) is 0. The maximum Gasteiger partial charge on any atom is 0.0447 e. The third-order valence-corrected chi connectivity index (χ3v) is 2.57. The van der Waals surface area contributed by atoms with Crippen LogP contribution in [0.5, 0.6) is 0 Å². The van der Waals surface area contributed by atoms with Gasteiger partial charge in [-0.3, -0.25) is 0 Å². The molecule has 2 nitrogen and oxygen atoms in total. The number of hydrogen-bond donors (Lipinski definition) is 2. The van der Waals surface area contributed by atoms with E-state index in [1.807, 2.05) is 12.1 Å². The van der Waals surface area contributed by atoms with Crippen molar-refractivity contribution in [2.75, 3.05) is 19.6 Å². The molecule has 0 unspecified atom stereocenters. The zero-order valence-corrected chi connectivity index (χ0v) is 8.14. The molecule has 1 heterocycles. The molecule has 0 amide bonds. The van der Waals surface area contributed by atoms with Crippen molar-refractivity contribution in [2.24, 2.45) is 0 Å². The molecule has 0 saturated carbocycles. The van der Waals surface area contributed by atoms with Gasteiger partial charge in [0.15, 0.2) is 0 Å². The Morgan fingerprint density at radius 3 is 2.54 bits per heavy atom. The van der Waals surface area contributed by atoms with Gasteiger partial charge in [0.2, 0.25) is 0 Å².